The van der Waals surface area contributed by atoms with E-state index in [2.05, 4.69) is 20.4 Å². The molecule has 0 atom stereocenters. The number of benzene rings is 2. The number of pyridine rings is 1. The van der Waals surface area contributed by atoms with Gasteiger partial charge in [0.25, 0.3) is 5.91 Å². The van der Waals surface area contributed by atoms with Crippen molar-refractivity contribution in [1.29, 1.82) is 0 Å². The number of amides is 1. The number of aromatic nitrogens is 4. The Balaban J connectivity index is 1.33. The largest absolute Gasteiger partial charge is 0.298 e. The molecule has 33 heavy (non-hydrogen) atoms. The Morgan fingerprint density at radius 2 is 1.85 bits per heavy atom. The summed E-state index contributed by atoms with van der Waals surface area (Å²) in [5.41, 5.74) is 4.26. The van der Waals surface area contributed by atoms with Crippen molar-refractivity contribution in [1.82, 2.24) is 19.7 Å². The monoisotopic (exact) mass is 455 g/mol. The molecule has 1 aliphatic heterocycles. The molecule has 0 spiro atoms. The van der Waals surface area contributed by atoms with E-state index >= 15 is 0 Å². The molecule has 0 saturated heterocycles. The van der Waals surface area contributed by atoms with Crippen molar-refractivity contribution in [3.63, 3.8) is 0 Å². The number of para-hydroxylation sites is 1. The van der Waals surface area contributed by atoms with Crippen LogP contribution in [0.15, 0.2) is 66.0 Å². The quantitative estimate of drug-likeness (QED) is 0.385. The van der Waals surface area contributed by atoms with E-state index in [0.29, 0.717) is 27.6 Å². The molecular formula is C25H18FN5OS. The summed E-state index contributed by atoms with van der Waals surface area (Å²) >= 11 is 1.33. The van der Waals surface area contributed by atoms with Gasteiger partial charge in [-0.3, -0.25) is 14.8 Å². The van der Waals surface area contributed by atoms with E-state index in [4.69, 9.17) is 0 Å². The number of anilines is 1. The maximum Gasteiger partial charge on any atom is 0.261 e. The van der Waals surface area contributed by atoms with Gasteiger partial charge in [-0.15, -0.1) is 11.3 Å². The molecule has 5 aromatic rings. The van der Waals surface area contributed by atoms with Gasteiger partial charge in [0, 0.05) is 22.9 Å². The Morgan fingerprint density at radius 1 is 1.00 bits per heavy atom. The average Bonchev–Trinajstić information content (AvgIpc) is 3.55. The molecule has 8 heteroatoms. The molecule has 1 aliphatic rings. The fourth-order valence-corrected chi connectivity index (χ4v) is 4.93. The number of hydrogen-bond donors (Lipinski definition) is 1. The molecule has 6 nitrogen and oxygen atoms in total. The summed E-state index contributed by atoms with van der Waals surface area (Å²) in [6.45, 7) is 0.721. The van der Waals surface area contributed by atoms with Crippen molar-refractivity contribution in [2.75, 3.05) is 5.32 Å². The summed E-state index contributed by atoms with van der Waals surface area (Å²) in [4.78, 5) is 22.6. The molecule has 6 rings (SSSR count). The van der Waals surface area contributed by atoms with E-state index in [1.165, 1.54) is 17.4 Å². The van der Waals surface area contributed by atoms with E-state index < -0.39 is 5.82 Å². The van der Waals surface area contributed by atoms with Crippen LogP contribution in [0.2, 0.25) is 0 Å². The highest BCUT2D eigenvalue weighted by atomic mass is 32.1. The van der Waals surface area contributed by atoms with Crippen LogP contribution < -0.4 is 5.32 Å². The number of hydrogen-bond acceptors (Lipinski definition) is 5. The lowest BCUT2D eigenvalue weighted by molar-refractivity contribution is 0.102. The maximum atomic E-state index is 14.5. The van der Waals surface area contributed by atoms with Crippen LogP contribution in [0.4, 0.5) is 9.52 Å². The van der Waals surface area contributed by atoms with Crippen LogP contribution in [-0.2, 0) is 13.0 Å². The third-order valence-electron chi connectivity index (χ3n) is 5.78. The Labute approximate surface area is 192 Å². The van der Waals surface area contributed by atoms with Crippen molar-refractivity contribution >= 4 is 33.3 Å². The molecule has 0 aliphatic carbocycles. The first-order valence-corrected chi connectivity index (χ1v) is 11.5. The van der Waals surface area contributed by atoms with Crippen LogP contribution in [0.5, 0.6) is 0 Å². The fourth-order valence-electron chi connectivity index (χ4n) is 4.23. The highest BCUT2D eigenvalue weighted by molar-refractivity contribution is 7.14. The van der Waals surface area contributed by atoms with Gasteiger partial charge in [0.2, 0.25) is 0 Å². The first-order valence-electron chi connectivity index (χ1n) is 10.6. The lowest BCUT2D eigenvalue weighted by Gasteiger charge is -2.06. The summed E-state index contributed by atoms with van der Waals surface area (Å²) in [6.07, 6.45) is 1.64. The zero-order chi connectivity index (χ0) is 22.4. The smallest absolute Gasteiger partial charge is 0.261 e. The summed E-state index contributed by atoms with van der Waals surface area (Å²) < 4.78 is 16.3. The molecule has 162 valence electrons. The third-order valence-corrected chi connectivity index (χ3v) is 6.54. The molecule has 1 amide bonds. The van der Waals surface area contributed by atoms with Gasteiger partial charge in [0.1, 0.15) is 17.2 Å². The van der Waals surface area contributed by atoms with Gasteiger partial charge < -0.3 is 0 Å². The highest BCUT2D eigenvalue weighted by Crippen LogP contribution is 2.32. The van der Waals surface area contributed by atoms with Crippen molar-refractivity contribution in [2.45, 2.75) is 19.4 Å². The Bertz CT molecular complexity index is 1520. The number of aryl methyl sites for hydroxylation is 1. The molecule has 3 aromatic heterocycles. The van der Waals surface area contributed by atoms with E-state index in [-0.39, 0.29) is 5.91 Å². The lowest BCUT2D eigenvalue weighted by atomic mass is 10.0. The zero-order valence-corrected chi connectivity index (χ0v) is 18.3. The molecular weight excluding hydrogens is 437 g/mol. The molecule has 2 aromatic carbocycles. The van der Waals surface area contributed by atoms with Crippen LogP contribution in [-0.4, -0.2) is 25.7 Å². The van der Waals surface area contributed by atoms with Gasteiger partial charge in [-0.25, -0.2) is 14.4 Å². The lowest BCUT2D eigenvalue weighted by Crippen LogP contribution is -2.14. The molecule has 1 N–H and O–H groups in total. The third kappa shape index (κ3) is 3.48. The van der Waals surface area contributed by atoms with Crippen molar-refractivity contribution in [3.05, 3.63) is 83.1 Å². The SMILES string of the molecule is O=C(Nc1nc(-c2ccc3ccccc3n2)cs1)c1c(-c2ccccc2F)nn2c1CCC2. The summed E-state index contributed by atoms with van der Waals surface area (Å²) in [7, 11) is 0. The average molecular weight is 456 g/mol. The number of halogens is 1. The van der Waals surface area contributed by atoms with Crippen LogP contribution in [0.3, 0.4) is 0 Å². The summed E-state index contributed by atoms with van der Waals surface area (Å²) in [5.74, 6) is -0.731. The highest BCUT2D eigenvalue weighted by Gasteiger charge is 2.29. The number of nitrogens with one attached hydrogen (secondary N) is 1. The minimum absolute atomic E-state index is 0.324. The molecule has 0 unspecified atom stereocenters. The van der Waals surface area contributed by atoms with Gasteiger partial charge in [-0.2, -0.15) is 5.10 Å². The normalized spacial score (nSPS) is 12.8. The zero-order valence-electron chi connectivity index (χ0n) is 17.5. The number of carbonyl (C=O) groups is 1. The first-order chi connectivity index (χ1) is 16.2. The van der Waals surface area contributed by atoms with Crippen molar-refractivity contribution in [2.24, 2.45) is 0 Å². The van der Waals surface area contributed by atoms with Crippen molar-refractivity contribution < 1.29 is 9.18 Å². The molecule has 0 saturated carbocycles. The standard InChI is InChI=1S/C25H18FN5OS/c26-17-8-3-2-7-16(17)23-22(21-10-5-13-31(21)30-23)24(32)29-25-28-20(14-33-25)19-12-11-15-6-1-4-9-18(15)27-19/h1-4,6-9,11-12,14H,5,10,13H2,(H,28,29,32). The summed E-state index contributed by atoms with van der Waals surface area (Å²) in [5, 5.41) is 10.8. The van der Waals surface area contributed by atoms with E-state index in [1.807, 2.05) is 46.5 Å². The van der Waals surface area contributed by atoms with Gasteiger partial charge in [0.05, 0.1) is 22.5 Å². The number of rotatable bonds is 4. The topological polar surface area (TPSA) is 72.7 Å². The minimum atomic E-state index is -0.401. The second-order valence-electron chi connectivity index (χ2n) is 7.86. The Kier molecular flexibility index (Phi) is 4.73. The first kappa shape index (κ1) is 19.8. The predicted molar refractivity (Wildman–Crippen MR) is 127 cm³/mol. The number of thiazole rings is 1. The maximum absolute atomic E-state index is 14.5. The predicted octanol–water partition coefficient (Wildman–Crippen LogP) is 5.56. The molecule has 0 bridgehead atoms. The molecule has 4 heterocycles. The number of carbonyl (C=O) groups excluding carboxylic acids is 1. The van der Waals surface area contributed by atoms with E-state index in [1.54, 1.807) is 18.2 Å². The van der Waals surface area contributed by atoms with Gasteiger partial charge >= 0.3 is 0 Å². The Morgan fingerprint density at radius 3 is 2.76 bits per heavy atom. The number of fused-ring (bicyclic) bond motifs is 2. The van der Waals surface area contributed by atoms with Crippen LogP contribution >= 0.6 is 11.3 Å². The van der Waals surface area contributed by atoms with Crippen LogP contribution in [0, 0.1) is 5.82 Å². The van der Waals surface area contributed by atoms with E-state index in [9.17, 15) is 9.18 Å². The van der Waals surface area contributed by atoms with Gasteiger partial charge in [0.15, 0.2) is 5.13 Å². The molecule has 0 fully saturated rings. The second kappa shape index (κ2) is 7.90. The minimum Gasteiger partial charge on any atom is -0.298 e. The van der Waals surface area contributed by atoms with Crippen LogP contribution in [0.1, 0.15) is 22.5 Å². The number of nitrogens with zero attached hydrogens (tertiary/aromatic N) is 4. The molecule has 0 radical (unpaired) electrons. The van der Waals surface area contributed by atoms with Gasteiger partial charge in [-0.05, 0) is 37.1 Å². The van der Waals surface area contributed by atoms with Crippen molar-refractivity contribution in [3.8, 4) is 22.6 Å². The second-order valence-corrected chi connectivity index (χ2v) is 8.72. The van der Waals surface area contributed by atoms with Gasteiger partial charge in [-0.1, -0.05) is 36.4 Å². The summed E-state index contributed by atoms with van der Waals surface area (Å²) in [6, 6.07) is 18.2. The van der Waals surface area contributed by atoms with E-state index in [0.717, 1.165) is 41.7 Å². The fraction of sp³-hybridized carbons (Fsp3) is 0.120. The Hall–Kier alpha value is -3.91. The van der Waals surface area contributed by atoms with Crippen LogP contribution in [0.25, 0.3) is 33.5 Å².